The predicted octanol–water partition coefficient (Wildman–Crippen LogP) is -0.173. The monoisotopic (exact) mass is 154 g/mol. The second-order valence-electron chi connectivity index (χ2n) is 3.62. The first-order valence-electron chi connectivity index (χ1n) is 4.25. The summed E-state index contributed by atoms with van der Waals surface area (Å²) >= 11 is 0. The number of fused-ring (bicyclic) bond motifs is 2. The minimum atomic E-state index is 0.115. The molecule has 2 fully saturated rings. The molecule has 0 aromatic heterocycles. The Labute approximate surface area is 66.8 Å². The van der Waals surface area contributed by atoms with E-state index in [9.17, 15) is 4.79 Å². The Morgan fingerprint density at radius 2 is 2.36 bits per heavy atom. The Balaban J connectivity index is 1.92. The van der Waals surface area contributed by atoms with Gasteiger partial charge in [0.1, 0.15) is 0 Å². The zero-order chi connectivity index (χ0) is 7.84. The first-order chi connectivity index (χ1) is 5.25. The summed E-state index contributed by atoms with van der Waals surface area (Å²) in [5, 5.41) is 2.99. The van der Waals surface area contributed by atoms with Crippen LogP contribution in [0, 0.1) is 5.92 Å². The number of carbonyl (C=O) groups is 1. The summed E-state index contributed by atoms with van der Waals surface area (Å²) in [5.41, 5.74) is 0. The molecule has 0 radical (unpaired) electrons. The molecular weight excluding hydrogens is 140 g/mol. The van der Waals surface area contributed by atoms with Crippen LogP contribution in [0.25, 0.3) is 0 Å². The van der Waals surface area contributed by atoms with Gasteiger partial charge in [0.15, 0.2) is 0 Å². The summed E-state index contributed by atoms with van der Waals surface area (Å²) in [5.74, 6) is 0.850. The fraction of sp³-hybridized carbons (Fsp3) is 0.875. The third-order valence-corrected chi connectivity index (χ3v) is 2.72. The van der Waals surface area contributed by atoms with Crippen molar-refractivity contribution in [1.29, 1.82) is 0 Å². The van der Waals surface area contributed by atoms with E-state index in [4.69, 9.17) is 0 Å². The first kappa shape index (κ1) is 7.10. The van der Waals surface area contributed by atoms with Crippen LogP contribution in [0.5, 0.6) is 0 Å². The van der Waals surface area contributed by atoms with Gasteiger partial charge >= 0.3 is 0 Å². The van der Waals surface area contributed by atoms with E-state index in [0.29, 0.717) is 6.04 Å². The van der Waals surface area contributed by atoms with Crippen LogP contribution in [0.15, 0.2) is 0 Å². The van der Waals surface area contributed by atoms with Gasteiger partial charge in [-0.1, -0.05) is 0 Å². The van der Waals surface area contributed by atoms with E-state index in [1.54, 1.807) is 6.92 Å². The lowest BCUT2D eigenvalue weighted by Gasteiger charge is -2.22. The van der Waals surface area contributed by atoms with E-state index < -0.39 is 0 Å². The van der Waals surface area contributed by atoms with E-state index in [1.165, 1.54) is 19.5 Å². The third kappa shape index (κ3) is 1.25. The lowest BCUT2D eigenvalue weighted by atomic mass is 10.0. The molecule has 2 aliphatic heterocycles. The summed E-state index contributed by atoms with van der Waals surface area (Å²) in [7, 11) is 0. The van der Waals surface area contributed by atoms with E-state index in [-0.39, 0.29) is 5.91 Å². The van der Waals surface area contributed by atoms with Crippen molar-refractivity contribution in [2.75, 3.05) is 19.6 Å². The maximum Gasteiger partial charge on any atom is 0.217 e. The van der Waals surface area contributed by atoms with Crippen LogP contribution < -0.4 is 5.32 Å². The zero-order valence-electron chi connectivity index (χ0n) is 6.84. The molecule has 0 spiro atoms. The summed E-state index contributed by atoms with van der Waals surface area (Å²) in [4.78, 5) is 13.2. The number of nitrogens with zero attached hydrogens (tertiary/aromatic N) is 1. The second-order valence-corrected chi connectivity index (χ2v) is 3.62. The molecule has 1 amide bonds. The quantitative estimate of drug-likeness (QED) is 0.568. The molecule has 2 aliphatic rings. The number of rotatable bonds is 1. The molecular formula is C8H14N2O. The van der Waals surface area contributed by atoms with Crippen LogP contribution in [0.2, 0.25) is 0 Å². The lowest BCUT2D eigenvalue weighted by molar-refractivity contribution is -0.119. The Morgan fingerprint density at radius 3 is 2.82 bits per heavy atom. The molecule has 1 unspecified atom stereocenters. The van der Waals surface area contributed by atoms with Gasteiger partial charge in [-0.2, -0.15) is 0 Å². The van der Waals surface area contributed by atoms with Crippen molar-refractivity contribution in [3.63, 3.8) is 0 Å². The molecule has 0 saturated carbocycles. The molecule has 3 atom stereocenters. The van der Waals surface area contributed by atoms with E-state index in [1.807, 2.05) is 0 Å². The SMILES string of the molecule is CC(=O)N[C@@H]1CN2CC[C@H]1C2. The van der Waals surface area contributed by atoms with E-state index in [0.717, 1.165) is 12.5 Å². The normalized spacial score (nSPS) is 41.0. The van der Waals surface area contributed by atoms with Crippen molar-refractivity contribution >= 4 is 5.91 Å². The molecule has 2 rings (SSSR count). The van der Waals surface area contributed by atoms with Crippen LogP contribution in [-0.4, -0.2) is 36.5 Å². The number of piperidine rings is 1. The highest BCUT2D eigenvalue weighted by Crippen LogP contribution is 2.27. The van der Waals surface area contributed by atoms with Gasteiger partial charge in [0.25, 0.3) is 0 Å². The summed E-state index contributed by atoms with van der Waals surface area (Å²) < 4.78 is 0. The summed E-state index contributed by atoms with van der Waals surface area (Å²) in [6.07, 6.45) is 1.27. The topological polar surface area (TPSA) is 32.3 Å². The van der Waals surface area contributed by atoms with Crippen molar-refractivity contribution in [3.8, 4) is 0 Å². The fourth-order valence-corrected chi connectivity index (χ4v) is 2.21. The van der Waals surface area contributed by atoms with Gasteiger partial charge in [-0.15, -0.1) is 0 Å². The average Bonchev–Trinajstić information content (AvgIpc) is 2.45. The lowest BCUT2D eigenvalue weighted by Crippen LogP contribution is -2.42. The third-order valence-electron chi connectivity index (χ3n) is 2.72. The van der Waals surface area contributed by atoms with Gasteiger partial charge in [-0.25, -0.2) is 0 Å². The maximum absolute atomic E-state index is 10.7. The molecule has 3 nitrogen and oxygen atoms in total. The van der Waals surface area contributed by atoms with Crippen LogP contribution in [-0.2, 0) is 4.79 Å². The van der Waals surface area contributed by atoms with E-state index >= 15 is 0 Å². The average molecular weight is 154 g/mol. The highest BCUT2D eigenvalue weighted by molar-refractivity contribution is 5.73. The Bertz CT molecular complexity index is 181. The molecule has 0 aromatic carbocycles. The Kier molecular flexibility index (Phi) is 1.60. The van der Waals surface area contributed by atoms with Gasteiger partial charge in [0.2, 0.25) is 5.91 Å². The molecule has 0 aromatic rings. The number of nitrogens with one attached hydrogen (secondary N) is 1. The summed E-state index contributed by atoms with van der Waals surface area (Å²) in [6, 6.07) is 0.446. The van der Waals surface area contributed by atoms with Crippen LogP contribution >= 0.6 is 0 Å². The molecule has 3 heteroatoms. The minimum Gasteiger partial charge on any atom is -0.352 e. The largest absolute Gasteiger partial charge is 0.352 e. The van der Waals surface area contributed by atoms with Gasteiger partial charge in [0, 0.05) is 26.1 Å². The number of carbonyl (C=O) groups excluding carboxylic acids is 1. The van der Waals surface area contributed by atoms with Gasteiger partial charge in [-0.3, -0.25) is 4.79 Å². The van der Waals surface area contributed by atoms with Crippen LogP contribution in [0.4, 0.5) is 0 Å². The predicted molar refractivity (Wildman–Crippen MR) is 42.2 cm³/mol. The molecule has 1 N–H and O–H groups in total. The highest BCUT2D eigenvalue weighted by Gasteiger charge is 2.37. The van der Waals surface area contributed by atoms with Gasteiger partial charge in [0.05, 0.1) is 0 Å². The minimum absolute atomic E-state index is 0.115. The van der Waals surface area contributed by atoms with Gasteiger partial charge in [-0.05, 0) is 18.9 Å². The molecule has 62 valence electrons. The molecule has 11 heavy (non-hydrogen) atoms. The van der Waals surface area contributed by atoms with Crippen LogP contribution in [0.3, 0.4) is 0 Å². The van der Waals surface area contributed by atoms with Crippen molar-refractivity contribution in [1.82, 2.24) is 10.2 Å². The summed E-state index contributed by atoms with van der Waals surface area (Å²) in [6.45, 7) is 5.11. The number of hydrogen-bond acceptors (Lipinski definition) is 2. The van der Waals surface area contributed by atoms with Gasteiger partial charge < -0.3 is 10.2 Å². The molecule has 2 saturated heterocycles. The zero-order valence-corrected chi connectivity index (χ0v) is 6.84. The molecule has 2 bridgehead atoms. The van der Waals surface area contributed by atoms with Crippen molar-refractivity contribution < 1.29 is 4.79 Å². The second kappa shape index (κ2) is 2.48. The van der Waals surface area contributed by atoms with E-state index in [2.05, 4.69) is 10.2 Å². The van der Waals surface area contributed by atoms with Crippen molar-refractivity contribution in [3.05, 3.63) is 0 Å². The maximum atomic E-state index is 10.7. The number of amides is 1. The van der Waals surface area contributed by atoms with Crippen molar-refractivity contribution in [2.24, 2.45) is 5.92 Å². The Morgan fingerprint density at radius 1 is 1.55 bits per heavy atom. The van der Waals surface area contributed by atoms with Crippen molar-refractivity contribution in [2.45, 2.75) is 19.4 Å². The first-order valence-corrected chi connectivity index (χ1v) is 4.25. The smallest absolute Gasteiger partial charge is 0.217 e. The molecule has 2 heterocycles. The highest BCUT2D eigenvalue weighted by atomic mass is 16.1. The number of hydrogen-bond donors (Lipinski definition) is 1. The van der Waals surface area contributed by atoms with Crippen LogP contribution in [0.1, 0.15) is 13.3 Å². The molecule has 0 aliphatic carbocycles. The standard InChI is InChI=1S/C8H14N2O/c1-6(11)9-8-5-10-3-2-7(8)4-10/h7-8H,2-5H2,1H3,(H,9,11)/t7-,8+/m0/s1. The Hall–Kier alpha value is -0.570. The fourth-order valence-electron chi connectivity index (χ4n) is 2.21.